The molecule has 0 atom stereocenters. The molecule has 0 unspecified atom stereocenters. The van der Waals surface area contributed by atoms with Crippen LogP contribution in [0, 0.1) is 11.3 Å². The fraction of sp³-hybridized carbons (Fsp3) is 0.923. The zero-order valence-electron chi connectivity index (χ0n) is 11.1. The van der Waals surface area contributed by atoms with Crippen LogP contribution < -0.4 is 10.6 Å². The average molecular weight is 351 g/mol. The Morgan fingerprint density at radius 2 is 2.00 bits per heavy atom. The predicted molar refractivity (Wildman–Crippen MR) is 84.1 cm³/mol. The lowest BCUT2D eigenvalue weighted by Crippen LogP contribution is -2.41. The summed E-state index contributed by atoms with van der Waals surface area (Å²) in [5, 5.41) is 6.86. The summed E-state index contributed by atoms with van der Waals surface area (Å²) in [5.41, 5.74) is 0.655. The summed E-state index contributed by atoms with van der Waals surface area (Å²) in [6.07, 6.45) is 8.23. The van der Waals surface area contributed by atoms with Crippen molar-refractivity contribution >= 4 is 29.9 Å². The molecule has 0 heterocycles. The predicted octanol–water partition coefficient (Wildman–Crippen LogP) is 2.76. The van der Waals surface area contributed by atoms with Crippen LogP contribution in [0.4, 0.5) is 0 Å². The Balaban J connectivity index is 0.00000144. The number of hydrogen-bond acceptors (Lipinski definition) is 1. The number of hydrogen-bond donors (Lipinski definition) is 2. The van der Waals surface area contributed by atoms with E-state index < -0.39 is 0 Å². The molecule has 2 fully saturated rings. The van der Waals surface area contributed by atoms with Gasteiger partial charge < -0.3 is 10.6 Å². The van der Waals surface area contributed by atoms with Crippen molar-refractivity contribution in [3.05, 3.63) is 0 Å². The molecule has 4 heteroatoms. The summed E-state index contributed by atoms with van der Waals surface area (Å²) in [6, 6.07) is 0. The van der Waals surface area contributed by atoms with E-state index in [9.17, 15) is 0 Å². The van der Waals surface area contributed by atoms with E-state index in [2.05, 4.69) is 22.5 Å². The third-order valence-electron chi connectivity index (χ3n) is 3.99. The van der Waals surface area contributed by atoms with Crippen LogP contribution in [0.5, 0.6) is 0 Å². The molecule has 3 nitrogen and oxygen atoms in total. The van der Waals surface area contributed by atoms with Crippen molar-refractivity contribution < 1.29 is 0 Å². The van der Waals surface area contributed by atoms with Gasteiger partial charge in [0.15, 0.2) is 5.96 Å². The first kappa shape index (κ1) is 15.1. The van der Waals surface area contributed by atoms with Gasteiger partial charge in [0.05, 0.1) is 0 Å². The van der Waals surface area contributed by atoms with Gasteiger partial charge in [-0.25, -0.2) is 0 Å². The Morgan fingerprint density at radius 3 is 2.47 bits per heavy atom. The van der Waals surface area contributed by atoms with Crippen LogP contribution >= 0.6 is 24.0 Å². The SMILES string of the molecule is CCCCNC(=NC)NCC1(C2CC2)CC1.I. The van der Waals surface area contributed by atoms with Gasteiger partial charge in [-0.15, -0.1) is 24.0 Å². The first-order valence-electron chi connectivity index (χ1n) is 6.75. The Morgan fingerprint density at radius 1 is 1.29 bits per heavy atom. The standard InChI is InChI=1S/C13H25N3.HI/c1-3-4-9-15-12(14-2)16-10-13(7-8-13)11-5-6-11;/h11H,3-10H2,1-2H3,(H2,14,15,16);1H. The lowest BCUT2D eigenvalue weighted by Gasteiger charge is -2.17. The molecule has 17 heavy (non-hydrogen) atoms. The molecule has 100 valence electrons. The molecule has 2 saturated carbocycles. The van der Waals surface area contributed by atoms with Gasteiger partial charge in [0.2, 0.25) is 0 Å². The summed E-state index contributed by atoms with van der Waals surface area (Å²) in [7, 11) is 1.86. The van der Waals surface area contributed by atoms with Crippen molar-refractivity contribution in [2.24, 2.45) is 16.3 Å². The lowest BCUT2D eigenvalue weighted by atomic mass is 10.0. The van der Waals surface area contributed by atoms with Crippen LogP contribution in [-0.4, -0.2) is 26.1 Å². The summed E-state index contributed by atoms with van der Waals surface area (Å²) < 4.78 is 0. The molecule has 0 saturated heterocycles. The number of nitrogens with zero attached hydrogens (tertiary/aromatic N) is 1. The van der Waals surface area contributed by atoms with Crippen molar-refractivity contribution in [1.29, 1.82) is 0 Å². The van der Waals surface area contributed by atoms with Gasteiger partial charge in [-0.05, 0) is 43.4 Å². The molecule has 0 aromatic rings. The molecule has 0 aromatic carbocycles. The number of rotatable bonds is 6. The Kier molecular flexibility index (Phi) is 6.03. The van der Waals surface area contributed by atoms with Crippen LogP contribution in [0.15, 0.2) is 4.99 Å². The number of aliphatic imine (C=N–C) groups is 1. The molecule has 0 bridgehead atoms. The molecule has 2 rings (SSSR count). The molecule has 0 amide bonds. The van der Waals surface area contributed by atoms with E-state index in [1.165, 1.54) is 38.5 Å². The summed E-state index contributed by atoms with van der Waals surface area (Å²) in [5.74, 6) is 2.01. The molecule has 2 aliphatic carbocycles. The van der Waals surface area contributed by atoms with E-state index in [1.807, 2.05) is 7.05 Å². The molecule has 0 aromatic heterocycles. The summed E-state index contributed by atoms with van der Waals surface area (Å²) in [6.45, 7) is 4.38. The first-order chi connectivity index (χ1) is 7.80. The molecule has 2 N–H and O–H groups in total. The Labute approximate surface area is 122 Å². The maximum Gasteiger partial charge on any atom is 0.190 e. The molecule has 2 aliphatic rings. The van der Waals surface area contributed by atoms with Crippen molar-refractivity contribution in [2.75, 3.05) is 20.1 Å². The van der Waals surface area contributed by atoms with Gasteiger partial charge >= 0.3 is 0 Å². The molecule has 0 aliphatic heterocycles. The van der Waals surface area contributed by atoms with Crippen molar-refractivity contribution in [2.45, 2.75) is 45.4 Å². The second-order valence-electron chi connectivity index (χ2n) is 5.34. The van der Waals surface area contributed by atoms with E-state index in [-0.39, 0.29) is 24.0 Å². The third-order valence-corrected chi connectivity index (χ3v) is 3.99. The number of unbranched alkanes of at least 4 members (excludes halogenated alkanes) is 1. The Bertz CT molecular complexity index is 257. The van der Waals surface area contributed by atoms with E-state index in [0.717, 1.165) is 25.0 Å². The number of guanidine groups is 1. The van der Waals surface area contributed by atoms with Crippen LogP contribution in [-0.2, 0) is 0 Å². The highest BCUT2D eigenvalue weighted by Gasteiger charge is 2.53. The van der Waals surface area contributed by atoms with Crippen LogP contribution in [0.25, 0.3) is 0 Å². The van der Waals surface area contributed by atoms with Gasteiger partial charge in [0, 0.05) is 20.1 Å². The van der Waals surface area contributed by atoms with E-state index >= 15 is 0 Å². The highest BCUT2D eigenvalue weighted by molar-refractivity contribution is 14.0. The van der Waals surface area contributed by atoms with Gasteiger partial charge in [-0.1, -0.05) is 13.3 Å². The number of nitrogens with one attached hydrogen (secondary N) is 2. The minimum Gasteiger partial charge on any atom is -0.356 e. The van der Waals surface area contributed by atoms with E-state index in [4.69, 9.17) is 0 Å². The molecule has 0 radical (unpaired) electrons. The third kappa shape index (κ3) is 4.30. The fourth-order valence-electron chi connectivity index (χ4n) is 2.45. The summed E-state index contributed by atoms with van der Waals surface area (Å²) in [4.78, 5) is 4.26. The van der Waals surface area contributed by atoms with Gasteiger partial charge in [0.1, 0.15) is 0 Å². The minimum absolute atomic E-state index is 0. The molecule has 0 spiro atoms. The second kappa shape index (κ2) is 6.81. The maximum absolute atomic E-state index is 4.26. The Hall–Kier alpha value is 0. The van der Waals surface area contributed by atoms with Crippen LogP contribution in [0.3, 0.4) is 0 Å². The van der Waals surface area contributed by atoms with Crippen LogP contribution in [0.1, 0.15) is 45.4 Å². The number of halogens is 1. The summed E-state index contributed by atoms with van der Waals surface area (Å²) >= 11 is 0. The highest BCUT2D eigenvalue weighted by Crippen LogP contribution is 2.60. The van der Waals surface area contributed by atoms with Crippen LogP contribution in [0.2, 0.25) is 0 Å². The average Bonchev–Trinajstić information content (AvgIpc) is 3.16. The zero-order chi connectivity index (χ0) is 11.4. The zero-order valence-corrected chi connectivity index (χ0v) is 13.4. The molecular weight excluding hydrogens is 325 g/mol. The smallest absolute Gasteiger partial charge is 0.190 e. The van der Waals surface area contributed by atoms with Crippen molar-refractivity contribution in [1.82, 2.24) is 10.6 Å². The monoisotopic (exact) mass is 351 g/mol. The fourth-order valence-corrected chi connectivity index (χ4v) is 2.45. The normalized spacial score (nSPS) is 21.6. The highest BCUT2D eigenvalue weighted by atomic mass is 127. The van der Waals surface area contributed by atoms with Crippen molar-refractivity contribution in [3.63, 3.8) is 0 Å². The van der Waals surface area contributed by atoms with Gasteiger partial charge in [-0.3, -0.25) is 4.99 Å². The first-order valence-corrected chi connectivity index (χ1v) is 6.75. The van der Waals surface area contributed by atoms with E-state index in [1.54, 1.807) is 0 Å². The topological polar surface area (TPSA) is 36.4 Å². The largest absolute Gasteiger partial charge is 0.356 e. The maximum atomic E-state index is 4.26. The quantitative estimate of drug-likeness (QED) is 0.334. The van der Waals surface area contributed by atoms with Gasteiger partial charge in [-0.2, -0.15) is 0 Å². The second-order valence-corrected chi connectivity index (χ2v) is 5.34. The minimum atomic E-state index is 0. The van der Waals surface area contributed by atoms with E-state index in [0.29, 0.717) is 5.41 Å². The van der Waals surface area contributed by atoms with Crippen molar-refractivity contribution in [3.8, 4) is 0 Å². The lowest BCUT2D eigenvalue weighted by molar-refractivity contribution is 0.431. The van der Waals surface area contributed by atoms with Gasteiger partial charge in [0.25, 0.3) is 0 Å². The molecular formula is C13H26IN3.